The summed E-state index contributed by atoms with van der Waals surface area (Å²) in [5, 5.41) is 2.78. The van der Waals surface area contributed by atoms with E-state index in [9.17, 15) is 9.59 Å². The number of aryl methyl sites for hydroxylation is 1. The number of carbonyl (C=O) groups excluding carboxylic acids is 2. The van der Waals surface area contributed by atoms with Gasteiger partial charge in [0.25, 0.3) is 5.91 Å². The number of nitrogens with one attached hydrogen (secondary N) is 1. The number of cyclic esters (lactones) is 1. The number of carbonyl (C=O) groups is 2. The van der Waals surface area contributed by atoms with E-state index in [1.165, 1.54) is 6.20 Å². The van der Waals surface area contributed by atoms with Crippen molar-refractivity contribution in [3.8, 4) is 0 Å². The molecule has 1 N–H and O–H groups in total. The number of anilines is 1. The van der Waals surface area contributed by atoms with E-state index in [1.807, 2.05) is 25.1 Å². The molecule has 1 aromatic heterocycles. The monoisotopic (exact) mass is 312 g/mol. The highest BCUT2D eigenvalue weighted by molar-refractivity contribution is 6.02. The molecule has 0 bridgehead atoms. The van der Waals surface area contributed by atoms with Crippen molar-refractivity contribution in [3.05, 3.63) is 53.6 Å². The molecule has 23 heavy (non-hydrogen) atoms. The lowest BCUT2D eigenvalue weighted by Crippen LogP contribution is -2.23. The normalized spacial score (nSPS) is 13.8. The van der Waals surface area contributed by atoms with Gasteiger partial charge in [-0.25, -0.2) is 9.78 Å². The first-order chi connectivity index (χ1) is 11.1. The SMILES string of the molecule is Cc1cnc(C(=O)Nc2cccc(CN3CCOC3=O)c2)cn1. The fourth-order valence-electron chi connectivity index (χ4n) is 2.24. The van der Waals surface area contributed by atoms with Gasteiger partial charge in [0.15, 0.2) is 0 Å². The third-order valence-electron chi connectivity index (χ3n) is 3.42. The van der Waals surface area contributed by atoms with Crippen LogP contribution in [0.15, 0.2) is 36.7 Å². The summed E-state index contributed by atoms with van der Waals surface area (Å²) in [7, 11) is 0. The van der Waals surface area contributed by atoms with Crippen LogP contribution in [0.1, 0.15) is 21.7 Å². The van der Waals surface area contributed by atoms with E-state index < -0.39 is 0 Å². The maximum atomic E-state index is 12.1. The van der Waals surface area contributed by atoms with E-state index in [-0.39, 0.29) is 17.7 Å². The van der Waals surface area contributed by atoms with Gasteiger partial charge in [0.05, 0.1) is 18.4 Å². The van der Waals surface area contributed by atoms with Crippen LogP contribution in [0.4, 0.5) is 10.5 Å². The average molecular weight is 312 g/mol. The lowest BCUT2D eigenvalue weighted by molar-refractivity contribution is 0.102. The third-order valence-corrected chi connectivity index (χ3v) is 3.42. The summed E-state index contributed by atoms with van der Waals surface area (Å²) < 4.78 is 4.90. The summed E-state index contributed by atoms with van der Waals surface area (Å²) >= 11 is 0. The van der Waals surface area contributed by atoms with Gasteiger partial charge in [-0.15, -0.1) is 0 Å². The quantitative estimate of drug-likeness (QED) is 0.933. The standard InChI is InChI=1S/C16H16N4O3/c1-11-8-18-14(9-17-11)15(21)19-13-4-2-3-12(7-13)10-20-5-6-23-16(20)22/h2-4,7-9H,5-6,10H2,1H3,(H,19,21). The van der Waals surface area contributed by atoms with E-state index in [0.29, 0.717) is 25.4 Å². The van der Waals surface area contributed by atoms with Gasteiger partial charge in [-0.05, 0) is 24.6 Å². The molecule has 7 heteroatoms. The van der Waals surface area contributed by atoms with Crippen molar-refractivity contribution < 1.29 is 14.3 Å². The number of ether oxygens (including phenoxy) is 1. The second-order valence-electron chi connectivity index (χ2n) is 5.23. The van der Waals surface area contributed by atoms with E-state index >= 15 is 0 Å². The minimum absolute atomic E-state index is 0.254. The van der Waals surface area contributed by atoms with Gasteiger partial charge in [0, 0.05) is 18.4 Å². The minimum Gasteiger partial charge on any atom is -0.448 e. The summed E-state index contributed by atoms with van der Waals surface area (Å²) in [6, 6.07) is 7.33. The fraction of sp³-hybridized carbons (Fsp3) is 0.250. The topological polar surface area (TPSA) is 84.4 Å². The number of nitrogens with zero attached hydrogens (tertiary/aromatic N) is 3. The Morgan fingerprint density at radius 2 is 2.22 bits per heavy atom. The Kier molecular flexibility index (Phi) is 4.18. The van der Waals surface area contributed by atoms with Gasteiger partial charge in [0.1, 0.15) is 12.3 Å². The zero-order valence-electron chi connectivity index (χ0n) is 12.7. The van der Waals surface area contributed by atoms with Gasteiger partial charge in [-0.1, -0.05) is 12.1 Å². The van der Waals surface area contributed by atoms with E-state index in [1.54, 1.807) is 17.2 Å². The van der Waals surface area contributed by atoms with Crippen molar-refractivity contribution in [1.29, 1.82) is 0 Å². The molecule has 1 saturated heterocycles. The predicted octanol–water partition coefficient (Wildman–Crippen LogP) is 1.99. The predicted molar refractivity (Wildman–Crippen MR) is 82.9 cm³/mol. The largest absolute Gasteiger partial charge is 0.448 e. The highest BCUT2D eigenvalue weighted by Crippen LogP contribution is 2.15. The molecule has 2 heterocycles. The maximum absolute atomic E-state index is 12.1. The van der Waals surface area contributed by atoms with Crippen molar-refractivity contribution in [2.45, 2.75) is 13.5 Å². The van der Waals surface area contributed by atoms with Crippen LogP contribution in [0.25, 0.3) is 0 Å². The Morgan fingerprint density at radius 3 is 2.91 bits per heavy atom. The van der Waals surface area contributed by atoms with Crippen molar-refractivity contribution in [3.63, 3.8) is 0 Å². The van der Waals surface area contributed by atoms with Crippen LogP contribution in [0.3, 0.4) is 0 Å². The van der Waals surface area contributed by atoms with Gasteiger partial charge < -0.3 is 15.0 Å². The molecule has 1 aliphatic rings. The number of hydrogen-bond donors (Lipinski definition) is 1. The zero-order valence-corrected chi connectivity index (χ0v) is 12.7. The van der Waals surface area contributed by atoms with Crippen LogP contribution >= 0.6 is 0 Å². The van der Waals surface area contributed by atoms with Gasteiger partial charge in [-0.3, -0.25) is 9.78 Å². The van der Waals surface area contributed by atoms with Gasteiger partial charge in [0.2, 0.25) is 0 Å². The molecule has 0 aliphatic carbocycles. The Morgan fingerprint density at radius 1 is 1.35 bits per heavy atom. The Labute approximate surface area is 133 Å². The van der Waals surface area contributed by atoms with Gasteiger partial charge in [-0.2, -0.15) is 0 Å². The highest BCUT2D eigenvalue weighted by Gasteiger charge is 2.21. The summed E-state index contributed by atoms with van der Waals surface area (Å²) in [6.45, 7) is 3.25. The number of rotatable bonds is 4. The molecule has 1 fully saturated rings. The van der Waals surface area contributed by atoms with Crippen LogP contribution in [0.2, 0.25) is 0 Å². The molecular weight excluding hydrogens is 296 g/mol. The van der Waals surface area contributed by atoms with Crippen molar-refractivity contribution in [1.82, 2.24) is 14.9 Å². The molecule has 2 amide bonds. The number of amides is 2. The molecule has 0 radical (unpaired) electrons. The Hall–Kier alpha value is -2.96. The average Bonchev–Trinajstić information content (AvgIpc) is 2.93. The smallest absolute Gasteiger partial charge is 0.410 e. The fourth-order valence-corrected chi connectivity index (χ4v) is 2.24. The number of hydrogen-bond acceptors (Lipinski definition) is 5. The molecule has 118 valence electrons. The minimum atomic E-state index is -0.324. The lowest BCUT2D eigenvalue weighted by atomic mass is 10.2. The molecule has 1 aliphatic heterocycles. The summed E-state index contributed by atoms with van der Waals surface area (Å²) in [4.78, 5) is 33.3. The molecular formula is C16H16N4O3. The number of aromatic nitrogens is 2. The van der Waals surface area contributed by atoms with Crippen molar-refractivity contribution in [2.24, 2.45) is 0 Å². The van der Waals surface area contributed by atoms with E-state index in [2.05, 4.69) is 15.3 Å². The van der Waals surface area contributed by atoms with Gasteiger partial charge >= 0.3 is 6.09 Å². The first-order valence-electron chi connectivity index (χ1n) is 7.22. The molecule has 0 unspecified atom stereocenters. The molecule has 0 spiro atoms. The van der Waals surface area contributed by atoms with Crippen LogP contribution in [-0.4, -0.2) is 40.0 Å². The first-order valence-corrected chi connectivity index (χ1v) is 7.22. The van der Waals surface area contributed by atoms with Crippen molar-refractivity contribution >= 4 is 17.7 Å². The van der Waals surface area contributed by atoms with Crippen LogP contribution < -0.4 is 5.32 Å². The zero-order chi connectivity index (χ0) is 16.2. The van der Waals surface area contributed by atoms with Crippen molar-refractivity contribution in [2.75, 3.05) is 18.5 Å². The second-order valence-corrected chi connectivity index (χ2v) is 5.23. The summed E-state index contributed by atoms with van der Waals surface area (Å²) in [5.74, 6) is -0.324. The molecule has 0 saturated carbocycles. The van der Waals surface area contributed by atoms with Crippen LogP contribution in [0, 0.1) is 6.92 Å². The maximum Gasteiger partial charge on any atom is 0.410 e. The number of benzene rings is 1. The third kappa shape index (κ3) is 3.63. The van der Waals surface area contributed by atoms with Crippen LogP contribution in [-0.2, 0) is 11.3 Å². The van der Waals surface area contributed by atoms with E-state index in [0.717, 1.165) is 11.3 Å². The molecule has 0 atom stereocenters. The first kappa shape index (κ1) is 15.0. The summed E-state index contributed by atoms with van der Waals surface area (Å²) in [6.07, 6.45) is 2.67. The van der Waals surface area contributed by atoms with Crippen LogP contribution in [0.5, 0.6) is 0 Å². The van der Waals surface area contributed by atoms with E-state index in [4.69, 9.17) is 4.74 Å². The Bertz CT molecular complexity index is 730. The lowest BCUT2D eigenvalue weighted by Gasteiger charge is -2.13. The molecule has 1 aromatic carbocycles. The Balaban J connectivity index is 1.68. The molecule has 2 aromatic rings. The summed E-state index contributed by atoms with van der Waals surface area (Å²) in [5.41, 5.74) is 2.56. The highest BCUT2D eigenvalue weighted by atomic mass is 16.6. The molecule has 7 nitrogen and oxygen atoms in total. The molecule has 3 rings (SSSR count). The second kappa shape index (κ2) is 6.43.